The quantitative estimate of drug-likeness (QED) is 0.415. The standard InChI is InChI=1S/C25H24ClF3N6O4/c1-13-12-34(15-6-7-16(17(26)9-15)25(27,28)29)22(37)20-18(11-31-35(13)20)32-21(36)14-5-8-19(30-10-14)33-23(38)39-24(2,3)4/h5-11,13H,12H2,1-4H3,(H,32,36)(H,30,33,38)/t13-/m0/s1. The highest BCUT2D eigenvalue weighted by molar-refractivity contribution is 6.31. The van der Waals surface area contributed by atoms with Crippen LogP contribution in [0, 0.1) is 0 Å². The fourth-order valence-electron chi connectivity index (χ4n) is 3.88. The Labute approximate surface area is 226 Å². The molecule has 1 aliphatic heterocycles. The molecule has 3 amide bonds. The Bertz CT molecular complexity index is 1430. The summed E-state index contributed by atoms with van der Waals surface area (Å²) in [7, 11) is 0. The van der Waals surface area contributed by atoms with E-state index in [4.69, 9.17) is 16.3 Å². The van der Waals surface area contributed by atoms with Crippen LogP contribution < -0.4 is 15.5 Å². The predicted molar refractivity (Wildman–Crippen MR) is 137 cm³/mol. The fourth-order valence-corrected chi connectivity index (χ4v) is 4.16. The third-order valence-corrected chi connectivity index (χ3v) is 5.89. The lowest BCUT2D eigenvalue weighted by Crippen LogP contribution is -2.43. The molecule has 206 valence electrons. The number of nitrogens with one attached hydrogen (secondary N) is 2. The van der Waals surface area contributed by atoms with E-state index in [1.165, 1.54) is 40.2 Å². The van der Waals surface area contributed by atoms with Gasteiger partial charge in [0.15, 0.2) is 5.69 Å². The first-order valence-corrected chi connectivity index (χ1v) is 12.1. The van der Waals surface area contributed by atoms with Crippen molar-refractivity contribution in [3.05, 3.63) is 64.6 Å². The van der Waals surface area contributed by atoms with E-state index in [1.807, 2.05) is 0 Å². The number of halogens is 4. The van der Waals surface area contributed by atoms with Crippen LogP contribution in [0.5, 0.6) is 0 Å². The number of carbonyl (C=O) groups excluding carboxylic acids is 3. The summed E-state index contributed by atoms with van der Waals surface area (Å²) < 4.78 is 46.0. The minimum Gasteiger partial charge on any atom is -0.444 e. The van der Waals surface area contributed by atoms with Crippen molar-refractivity contribution in [2.24, 2.45) is 0 Å². The lowest BCUT2D eigenvalue weighted by Gasteiger charge is -2.32. The Kier molecular flexibility index (Phi) is 7.30. The maximum Gasteiger partial charge on any atom is 0.417 e. The minimum atomic E-state index is -4.64. The summed E-state index contributed by atoms with van der Waals surface area (Å²) in [4.78, 5) is 43.5. The number of anilines is 3. The maximum atomic E-state index is 13.4. The van der Waals surface area contributed by atoms with Crippen molar-refractivity contribution >= 4 is 46.7 Å². The lowest BCUT2D eigenvalue weighted by molar-refractivity contribution is -0.137. The molecule has 0 unspecified atom stereocenters. The second-order valence-electron chi connectivity index (χ2n) is 9.79. The van der Waals surface area contributed by atoms with E-state index in [2.05, 4.69) is 20.7 Å². The zero-order valence-corrected chi connectivity index (χ0v) is 22.0. The van der Waals surface area contributed by atoms with Gasteiger partial charge in [-0.2, -0.15) is 18.3 Å². The average molecular weight is 565 g/mol. The third kappa shape index (κ3) is 6.14. The molecule has 39 heavy (non-hydrogen) atoms. The third-order valence-electron chi connectivity index (χ3n) is 5.58. The number of amides is 3. The van der Waals surface area contributed by atoms with E-state index in [-0.39, 0.29) is 41.0 Å². The molecule has 3 heterocycles. The maximum absolute atomic E-state index is 13.4. The number of alkyl halides is 3. The van der Waals surface area contributed by atoms with Crippen LogP contribution in [0.15, 0.2) is 42.7 Å². The van der Waals surface area contributed by atoms with Crippen molar-refractivity contribution in [1.29, 1.82) is 0 Å². The minimum absolute atomic E-state index is 0.0503. The van der Waals surface area contributed by atoms with Crippen molar-refractivity contribution in [3.8, 4) is 0 Å². The highest BCUT2D eigenvalue weighted by Crippen LogP contribution is 2.38. The van der Waals surface area contributed by atoms with Gasteiger partial charge in [-0.3, -0.25) is 19.6 Å². The van der Waals surface area contributed by atoms with Gasteiger partial charge < -0.3 is 15.0 Å². The zero-order chi connectivity index (χ0) is 28.7. The summed E-state index contributed by atoms with van der Waals surface area (Å²) in [6.07, 6.45) is -2.79. The molecule has 1 aliphatic rings. The van der Waals surface area contributed by atoms with Gasteiger partial charge >= 0.3 is 12.3 Å². The van der Waals surface area contributed by atoms with Crippen LogP contribution >= 0.6 is 11.6 Å². The molecule has 0 fully saturated rings. The molecule has 0 radical (unpaired) electrons. The van der Waals surface area contributed by atoms with Crippen LogP contribution in [0.25, 0.3) is 0 Å². The average Bonchev–Trinajstić information content (AvgIpc) is 3.24. The highest BCUT2D eigenvalue weighted by Gasteiger charge is 2.36. The number of hydrogen-bond acceptors (Lipinski definition) is 6. The summed E-state index contributed by atoms with van der Waals surface area (Å²) >= 11 is 5.86. The van der Waals surface area contributed by atoms with Gasteiger partial charge in [0.05, 0.1) is 34.1 Å². The van der Waals surface area contributed by atoms with E-state index < -0.39 is 40.3 Å². The van der Waals surface area contributed by atoms with E-state index in [0.29, 0.717) is 0 Å². The number of benzene rings is 1. The molecule has 1 aromatic carbocycles. The Morgan fingerprint density at radius 2 is 1.82 bits per heavy atom. The van der Waals surface area contributed by atoms with Crippen LogP contribution in [0.3, 0.4) is 0 Å². The molecular weight excluding hydrogens is 541 g/mol. The number of rotatable bonds is 4. The van der Waals surface area contributed by atoms with Gasteiger partial charge in [0.1, 0.15) is 11.4 Å². The molecular formula is C25H24ClF3N6O4. The number of pyridine rings is 1. The number of nitrogens with zero attached hydrogens (tertiary/aromatic N) is 4. The van der Waals surface area contributed by atoms with Gasteiger partial charge in [-0.15, -0.1) is 0 Å². The molecule has 0 aliphatic carbocycles. The smallest absolute Gasteiger partial charge is 0.417 e. The normalized spacial score (nSPS) is 15.5. The molecule has 2 aromatic heterocycles. The highest BCUT2D eigenvalue weighted by atomic mass is 35.5. The first-order valence-electron chi connectivity index (χ1n) is 11.7. The van der Waals surface area contributed by atoms with Crippen LogP contribution in [-0.2, 0) is 10.9 Å². The van der Waals surface area contributed by atoms with E-state index in [1.54, 1.807) is 27.7 Å². The van der Waals surface area contributed by atoms with Crippen molar-refractivity contribution < 1.29 is 32.3 Å². The van der Waals surface area contributed by atoms with Crippen LogP contribution in [0.4, 0.5) is 35.2 Å². The summed E-state index contributed by atoms with van der Waals surface area (Å²) in [5.41, 5.74) is -1.24. The molecule has 3 aromatic rings. The van der Waals surface area contributed by atoms with Crippen molar-refractivity contribution in [2.45, 2.75) is 45.5 Å². The molecule has 0 saturated heterocycles. The number of ether oxygens (including phenoxy) is 1. The zero-order valence-electron chi connectivity index (χ0n) is 21.3. The van der Waals surface area contributed by atoms with E-state index in [0.717, 1.165) is 12.1 Å². The van der Waals surface area contributed by atoms with Crippen molar-refractivity contribution in [1.82, 2.24) is 14.8 Å². The predicted octanol–water partition coefficient (Wildman–Crippen LogP) is 5.77. The van der Waals surface area contributed by atoms with Gasteiger partial charge in [-0.05, 0) is 58.0 Å². The van der Waals surface area contributed by atoms with E-state index >= 15 is 0 Å². The summed E-state index contributed by atoms with van der Waals surface area (Å²) in [5, 5.41) is 8.75. The molecule has 4 rings (SSSR count). The van der Waals surface area contributed by atoms with Crippen LogP contribution in [0.2, 0.25) is 5.02 Å². The molecule has 0 saturated carbocycles. The summed E-state index contributed by atoms with van der Waals surface area (Å²) in [6, 6.07) is 5.55. The lowest BCUT2D eigenvalue weighted by atomic mass is 10.1. The first-order chi connectivity index (χ1) is 18.1. The number of hydrogen-bond donors (Lipinski definition) is 2. The number of fused-ring (bicyclic) bond motifs is 1. The summed E-state index contributed by atoms with van der Waals surface area (Å²) in [6.45, 7) is 7.04. The molecule has 10 nitrogen and oxygen atoms in total. The number of aromatic nitrogens is 3. The largest absolute Gasteiger partial charge is 0.444 e. The Morgan fingerprint density at radius 3 is 2.41 bits per heavy atom. The fraction of sp³-hybridized carbons (Fsp3) is 0.320. The SMILES string of the molecule is C[C@H]1CN(c2ccc(C(F)(F)F)c(Cl)c2)C(=O)c2c(NC(=O)c3ccc(NC(=O)OC(C)(C)C)nc3)cnn21. The van der Waals surface area contributed by atoms with Gasteiger partial charge in [-0.25, -0.2) is 9.78 Å². The molecule has 14 heteroatoms. The van der Waals surface area contributed by atoms with Gasteiger partial charge in [-0.1, -0.05) is 11.6 Å². The van der Waals surface area contributed by atoms with Gasteiger partial charge in [0.2, 0.25) is 0 Å². The summed E-state index contributed by atoms with van der Waals surface area (Å²) in [5.74, 6) is -1.01. The van der Waals surface area contributed by atoms with Crippen LogP contribution in [-0.4, -0.2) is 44.8 Å². The second kappa shape index (κ2) is 10.2. The Hall–Kier alpha value is -4.13. The van der Waals surface area contributed by atoms with Crippen LogP contribution in [0.1, 0.15) is 60.1 Å². The van der Waals surface area contributed by atoms with Gasteiger partial charge in [0, 0.05) is 18.4 Å². The number of carbonyl (C=O) groups is 3. The topological polar surface area (TPSA) is 118 Å². The van der Waals surface area contributed by atoms with Crippen molar-refractivity contribution in [3.63, 3.8) is 0 Å². The molecule has 1 atom stereocenters. The van der Waals surface area contributed by atoms with Crippen molar-refractivity contribution in [2.75, 3.05) is 22.1 Å². The first kappa shape index (κ1) is 27.9. The molecule has 0 bridgehead atoms. The molecule has 0 spiro atoms. The Balaban J connectivity index is 1.52. The second-order valence-corrected chi connectivity index (χ2v) is 10.2. The Morgan fingerprint density at radius 1 is 1.10 bits per heavy atom. The molecule has 2 N–H and O–H groups in total. The van der Waals surface area contributed by atoms with E-state index in [9.17, 15) is 27.6 Å². The van der Waals surface area contributed by atoms with Gasteiger partial charge in [0.25, 0.3) is 11.8 Å². The monoisotopic (exact) mass is 564 g/mol.